The fourth-order valence-corrected chi connectivity index (χ4v) is 12.5. The molecule has 5 heterocycles. The summed E-state index contributed by atoms with van der Waals surface area (Å²) in [6.45, 7) is 0. The van der Waals surface area contributed by atoms with E-state index in [4.69, 9.17) is 19.7 Å². The van der Waals surface area contributed by atoms with Gasteiger partial charge >= 0.3 is 0 Å². The number of hydrogen-bond donors (Lipinski definition) is 0. The molecule has 0 saturated heterocycles. The normalized spacial score (nSPS) is 13.2. The third-order valence-electron chi connectivity index (χ3n) is 9.52. The second-order valence-electron chi connectivity index (χ2n) is 12.1. The Labute approximate surface area is 277 Å². The van der Waals surface area contributed by atoms with E-state index in [2.05, 4.69) is 136 Å². The highest BCUT2D eigenvalue weighted by atomic mass is 28.3. The molecule has 0 atom stereocenters. The Morgan fingerprint density at radius 2 is 1.27 bits per heavy atom. The van der Waals surface area contributed by atoms with E-state index in [-0.39, 0.29) is 0 Å². The van der Waals surface area contributed by atoms with Crippen molar-refractivity contribution < 1.29 is 4.74 Å². The van der Waals surface area contributed by atoms with Crippen molar-refractivity contribution in [2.24, 2.45) is 0 Å². The number of para-hydroxylation sites is 4. The maximum Gasteiger partial charge on any atom is 0.220 e. The van der Waals surface area contributed by atoms with E-state index in [0.717, 1.165) is 55.9 Å². The third kappa shape index (κ3) is 3.76. The van der Waals surface area contributed by atoms with E-state index in [9.17, 15) is 0 Å². The van der Waals surface area contributed by atoms with Crippen LogP contribution in [0.3, 0.4) is 0 Å². The topological polar surface area (TPSA) is 57.2 Å². The molecule has 48 heavy (non-hydrogen) atoms. The molecule has 0 aliphatic carbocycles. The Hall–Kier alpha value is -6.31. The van der Waals surface area contributed by atoms with Crippen molar-refractivity contribution in [3.05, 3.63) is 164 Å². The van der Waals surface area contributed by atoms with E-state index in [1.807, 2.05) is 36.7 Å². The minimum absolute atomic E-state index is 0.669. The lowest BCUT2D eigenvalue weighted by atomic mass is 10.2. The van der Waals surface area contributed by atoms with Gasteiger partial charge in [-0.1, -0.05) is 97.1 Å². The molecule has 0 unspecified atom stereocenters. The van der Waals surface area contributed by atoms with Crippen molar-refractivity contribution in [2.45, 2.75) is 0 Å². The molecule has 1 aliphatic heterocycles. The van der Waals surface area contributed by atoms with Gasteiger partial charge in [-0.25, -0.2) is 4.98 Å². The number of hydrogen-bond acceptors (Lipinski definition) is 4. The predicted molar refractivity (Wildman–Crippen MR) is 194 cm³/mol. The van der Waals surface area contributed by atoms with Gasteiger partial charge in [0, 0.05) is 23.1 Å². The van der Waals surface area contributed by atoms with E-state index in [0.29, 0.717) is 5.75 Å². The molecule has 0 amide bonds. The molecule has 6 nitrogen and oxygen atoms in total. The molecule has 4 aromatic heterocycles. The van der Waals surface area contributed by atoms with Gasteiger partial charge in [-0.05, 0) is 64.1 Å². The van der Waals surface area contributed by atoms with Crippen molar-refractivity contribution in [3.63, 3.8) is 0 Å². The van der Waals surface area contributed by atoms with Gasteiger partial charge in [-0.2, -0.15) is 0 Å². The third-order valence-corrected chi connectivity index (χ3v) is 14.2. The molecule has 0 N–H and O–H groups in total. The summed E-state index contributed by atoms with van der Waals surface area (Å²) in [5.74, 6) is 2.25. The molecule has 5 aromatic carbocycles. The number of nitrogens with zero attached hydrogens (tertiary/aromatic N) is 5. The minimum Gasteiger partial charge on any atom is -0.456 e. The van der Waals surface area contributed by atoms with Crippen LogP contribution in [0.5, 0.6) is 11.5 Å². The zero-order valence-corrected chi connectivity index (χ0v) is 26.7. The van der Waals surface area contributed by atoms with Crippen LogP contribution < -0.4 is 25.6 Å². The number of rotatable bonds is 5. The minimum atomic E-state index is -2.69. The predicted octanol–water partition coefficient (Wildman–Crippen LogP) is 6.37. The van der Waals surface area contributed by atoms with Crippen LogP contribution in [0.4, 0.5) is 0 Å². The molecule has 0 fully saturated rings. The van der Waals surface area contributed by atoms with Crippen molar-refractivity contribution in [2.75, 3.05) is 0 Å². The molecular weight excluding hydrogens is 607 g/mol. The molecule has 9 aromatic rings. The fraction of sp³-hybridized carbons (Fsp3) is 0. The molecule has 7 heteroatoms. The molecule has 0 radical (unpaired) electrons. The summed E-state index contributed by atoms with van der Waals surface area (Å²) in [4.78, 5) is 15.2. The summed E-state index contributed by atoms with van der Waals surface area (Å²) in [6.07, 6.45) is 3.75. The second kappa shape index (κ2) is 10.4. The van der Waals surface area contributed by atoms with Crippen molar-refractivity contribution in [1.29, 1.82) is 0 Å². The Kier molecular flexibility index (Phi) is 5.79. The summed E-state index contributed by atoms with van der Waals surface area (Å²) >= 11 is 0. The summed E-state index contributed by atoms with van der Waals surface area (Å²) in [5, 5.41) is 4.91. The van der Waals surface area contributed by atoms with Crippen LogP contribution in [0.25, 0.3) is 44.8 Å². The van der Waals surface area contributed by atoms with Gasteiger partial charge < -0.3 is 4.74 Å². The molecular formula is C41H27N5OSi. The maximum atomic E-state index is 6.60. The molecule has 0 saturated carbocycles. The monoisotopic (exact) mass is 633 g/mol. The standard InChI is InChI=1S/C41H27N5OSi/c1-3-15-31(16-4-1)48(32-17-5-2-6-18-32)38-23-12-24-42-39(38)33-26-30(27-43-40(33)48)47-29-14-11-13-28(25-29)45-36-21-9-10-22-37(36)46-35-20-8-7-19-34(35)44-41(45)46/h1-27H. The Bertz CT molecular complexity index is 2620. The Balaban J connectivity index is 1.11. The average molecular weight is 634 g/mol. The second-order valence-corrected chi connectivity index (χ2v) is 15.8. The zero-order valence-electron chi connectivity index (χ0n) is 25.7. The average Bonchev–Trinajstić information content (AvgIpc) is 3.78. The first kappa shape index (κ1) is 26.9. The first-order valence-corrected chi connectivity index (χ1v) is 18.0. The lowest BCUT2D eigenvalue weighted by Gasteiger charge is -2.29. The van der Waals surface area contributed by atoms with Crippen LogP contribution in [0.2, 0.25) is 0 Å². The summed E-state index contributed by atoms with van der Waals surface area (Å²) in [5.41, 5.74) is 7.20. The first-order valence-electron chi connectivity index (χ1n) is 16.0. The summed E-state index contributed by atoms with van der Waals surface area (Å²) < 4.78 is 11.0. The van der Waals surface area contributed by atoms with Gasteiger partial charge in [0.2, 0.25) is 13.9 Å². The molecule has 0 spiro atoms. The zero-order chi connectivity index (χ0) is 31.7. The van der Waals surface area contributed by atoms with Gasteiger partial charge in [0.05, 0.1) is 39.6 Å². The van der Waals surface area contributed by atoms with E-state index >= 15 is 0 Å². The lowest BCUT2D eigenvalue weighted by Crippen LogP contribution is -2.73. The highest BCUT2D eigenvalue weighted by Gasteiger charge is 2.51. The van der Waals surface area contributed by atoms with Crippen molar-refractivity contribution >= 4 is 56.8 Å². The van der Waals surface area contributed by atoms with Crippen LogP contribution in [0, 0.1) is 0 Å². The van der Waals surface area contributed by atoms with E-state index < -0.39 is 8.07 Å². The van der Waals surface area contributed by atoms with Crippen LogP contribution in [0.15, 0.2) is 164 Å². The summed E-state index contributed by atoms with van der Waals surface area (Å²) in [6, 6.07) is 52.9. The number of ether oxygens (including phenoxy) is 1. The molecule has 1 aliphatic rings. The Morgan fingerprint density at radius 3 is 2.06 bits per heavy atom. The number of aromatic nitrogens is 5. The molecule has 0 bridgehead atoms. The molecule has 226 valence electrons. The maximum absolute atomic E-state index is 6.60. The quantitative estimate of drug-likeness (QED) is 0.207. The number of fused-ring (bicyclic) bond motifs is 8. The van der Waals surface area contributed by atoms with E-state index in [1.165, 1.54) is 15.6 Å². The van der Waals surface area contributed by atoms with Crippen molar-refractivity contribution in [3.8, 4) is 28.4 Å². The largest absolute Gasteiger partial charge is 0.456 e. The summed E-state index contributed by atoms with van der Waals surface area (Å²) in [7, 11) is -2.69. The lowest BCUT2D eigenvalue weighted by molar-refractivity contribution is 0.480. The van der Waals surface area contributed by atoms with Gasteiger partial charge in [-0.3, -0.25) is 18.9 Å². The van der Waals surface area contributed by atoms with Gasteiger partial charge in [0.1, 0.15) is 11.5 Å². The first-order chi connectivity index (χ1) is 23.8. The van der Waals surface area contributed by atoms with Crippen LogP contribution in [-0.4, -0.2) is 32.0 Å². The van der Waals surface area contributed by atoms with Gasteiger partial charge in [0.15, 0.2) is 0 Å². The van der Waals surface area contributed by atoms with Gasteiger partial charge in [0.25, 0.3) is 0 Å². The fourth-order valence-electron chi connectivity index (χ4n) is 7.59. The highest BCUT2D eigenvalue weighted by Crippen LogP contribution is 2.33. The van der Waals surface area contributed by atoms with Crippen LogP contribution in [-0.2, 0) is 0 Å². The number of imidazole rings is 2. The number of pyridine rings is 2. The van der Waals surface area contributed by atoms with Gasteiger partial charge in [-0.15, -0.1) is 0 Å². The van der Waals surface area contributed by atoms with Crippen molar-refractivity contribution in [1.82, 2.24) is 23.9 Å². The highest BCUT2D eigenvalue weighted by molar-refractivity contribution is 7.21. The van der Waals surface area contributed by atoms with Crippen LogP contribution >= 0.6 is 0 Å². The van der Waals surface area contributed by atoms with Crippen LogP contribution in [0.1, 0.15) is 0 Å². The Morgan fingerprint density at radius 1 is 0.562 bits per heavy atom. The smallest absolute Gasteiger partial charge is 0.220 e. The van der Waals surface area contributed by atoms with E-state index in [1.54, 1.807) is 0 Å². The molecule has 10 rings (SSSR count). The SMILES string of the molecule is c1ccc([Si]2(c3ccccc3)c3cccnc3-c3cc(Oc4cccc(-n5c6ccccc6n6c7ccccc7nc56)c4)cnc32)cc1. The number of benzene rings is 5.